The maximum atomic E-state index is 13.2. The third kappa shape index (κ3) is 4.69. The first-order valence-electron chi connectivity index (χ1n) is 13.9. The molecule has 212 valence electrons. The van der Waals surface area contributed by atoms with Crippen LogP contribution in [0, 0.1) is 0 Å². The zero-order valence-corrected chi connectivity index (χ0v) is 23.7. The molecule has 40 heavy (non-hydrogen) atoms. The summed E-state index contributed by atoms with van der Waals surface area (Å²) in [4.78, 5) is 26.2. The predicted octanol–water partition coefficient (Wildman–Crippen LogP) is 3.29. The highest BCUT2D eigenvalue weighted by Crippen LogP contribution is 2.55. The first kappa shape index (κ1) is 26.9. The van der Waals surface area contributed by atoms with Crippen molar-refractivity contribution in [2.45, 2.75) is 50.0 Å². The summed E-state index contributed by atoms with van der Waals surface area (Å²) < 4.78 is 33.0. The van der Waals surface area contributed by atoms with Crippen molar-refractivity contribution >= 4 is 38.2 Å². The fourth-order valence-electron chi connectivity index (χ4n) is 6.38. The van der Waals surface area contributed by atoms with Crippen LogP contribution in [-0.4, -0.2) is 79.9 Å². The van der Waals surface area contributed by atoms with Gasteiger partial charge in [0, 0.05) is 29.8 Å². The third-order valence-electron chi connectivity index (χ3n) is 8.62. The van der Waals surface area contributed by atoms with Crippen molar-refractivity contribution in [3.8, 4) is 17.0 Å². The van der Waals surface area contributed by atoms with Crippen molar-refractivity contribution in [2.24, 2.45) is 0 Å². The number of hydrogen-bond acceptors (Lipinski definition) is 8. The van der Waals surface area contributed by atoms with Gasteiger partial charge in [-0.05, 0) is 62.5 Å². The number of piperidine rings is 1. The van der Waals surface area contributed by atoms with Crippen molar-refractivity contribution in [3.05, 3.63) is 42.2 Å². The topological polar surface area (TPSA) is 125 Å². The lowest BCUT2D eigenvalue weighted by Gasteiger charge is -2.37. The lowest BCUT2D eigenvalue weighted by atomic mass is 9.64. The second-order valence-electron chi connectivity index (χ2n) is 11.2. The van der Waals surface area contributed by atoms with E-state index in [1.807, 2.05) is 25.2 Å². The van der Waals surface area contributed by atoms with Crippen molar-refractivity contribution in [2.75, 3.05) is 49.2 Å². The normalized spacial score (nSPS) is 19.5. The van der Waals surface area contributed by atoms with Crippen molar-refractivity contribution in [1.29, 1.82) is 0 Å². The number of nitrogens with zero attached hydrogens (tertiary/aromatic N) is 4. The van der Waals surface area contributed by atoms with E-state index in [0.29, 0.717) is 5.56 Å². The molecule has 11 heteroatoms. The van der Waals surface area contributed by atoms with Gasteiger partial charge in [-0.1, -0.05) is 18.9 Å². The van der Waals surface area contributed by atoms with E-state index >= 15 is 0 Å². The Morgan fingerprint density at radius 1 is 1.07 bits per heavy atom. The number of pyridine rings is 2. The van der Waals surface area contributed by atoms with E-state index < -0.39 is 15.4 Å². The average molecular weight is 566 g/mol. The number of hydrogen-bond donors (Lipinski definition) is 2. The Kier molecular flexibility index (Phi) is 6.92. The number of fused-ring (bicyclic) bond motifs is 4. The fourth-order valence-corrected chi connectivity index (χ4v) is 6.93. The molecule has 1 atom stereocenters. The molecule has 1 saturated heterocycles. The SMILES string of the molecule is CN1C(=O)C2(CCC2)c2c1cnc1ccc(-c3cnc(OCC(CO)N4CCCCC4)c(NS(C)(=O)=O)c3)cc21. The van der Waals surface area contributed by atoms with E-state index in [4.69, 9.17) is 4.74 Å². The van der Waals surface area contributed by atoms with Crippen molar-refractivity contribution in [1.82, 2.24) is 14.9 Å². The van der Waals surface area contributed by atoms with Gasteiger partial charge >= 0.3 is 0 Å². The summed E-state index contributed by atoms with van der Waals surface area (Å²) in [6.07, 6.45) is 10.6. The number of ether oxygens (including phenoxy) is 1. The molecule has 3 aromatic rings. The molecule has 1 amide bonds. The lowest BCUT2D eigenvalue weighted by molar-refractivity contribution is -0.125. The number of anilines is 2. The van der Waals surface area contributed by atoms with Gasteiger partial charge in [0.05, 0.1) is 41.7 Å². The molecule has 0 bridgehead atoms. The Balaban J connectivity index is 1.35. The van der Waals surface area contributed by atoms with Gasteiger partial charge in [-0.15, -0.1) is 0 Å². The minimum Gasteiger partial charge on any atom is -0.474 e. The van der Waals surface area contributed by atoms with Gasteiger partial charge in [0.15, 0.2) is 0 Å². The molecule has 2 N–H and O–H groups in total. The van der Waals surface area contributed by atoms with E-state index in [1.165, 1.54) is 6.42 Å². The van der Waals surface area contributed by atoms with Crippen LogP contribution >= 0.6 is 0 Å². The van der Waals surface area contributed by atoms with Crippen LogP contribution in [0.15, 0.2) is 36.7 Å². The van der Waals surface area contributed by atoms with Crippen LogP contribution in [0.2, 0.25) is 0 Å². The fraction of sp³-hybridized carbons (Fsp3) is 0.483. The van der Waals surface area contributed by atoms with E-state index in [2.05, 4.69) is 19.6 Å². The van der Waals surface area contributed by atoms with Crippen molar-refractivity contribution < 1.29 is 23.1 Å². The highest BCUT2D eigenvalue weighted by Gasteiger charge is 2.54. The molecular weight excluding hydrogens is 530 g/mol. The summed E-state index contributed by atoms with van der Waals surface area (Å²) in [5.41, 5.74) is 3.98. The van der Waals surface area contributed by atoms with Gasteiger partial charge in [0.2, 0.25) is 21.8 Å². The molecule has 1 aromatic carbocycles. The Labute approximate surface area is 234 Å². The molecule has 3 aliphatic rings. The molecular formula is C29H35N5O5S. The highest BCUT2D eigenvalue weighted by molar-refractivity contribution is 7.92. The number of likely N-dealkylation sites (N-methyl/N-ethyl adjacent to an activating group) is 1. The zero-order chi connectivity index (χ0) is 28.1. The number of rotatable bonds is 8. The number of benzene rings is 1. The first-order chi connectivity index (χ1) is 19.2. The smallest absolute Gasteiger partial charge is 0.238 e. The summed E-state index contributed by atoms with van der Waals surface area (Å²) in [6.45, 7) is 1.94. The molecule has 2 aromatic heterocycles. The van der Waals surface area contributed by atoms with Crippen LogP contribution < -0.4 is 14.4 Å². The highest BCUT2D eigenvalue weighted by atomic mass is 32.2. The van der Waals surface area contributed by atoms with Crippen molar-refractivity contribution in [3.63, 3.8) is 0 Å². The zero-order valence-electron chi connectivity index (χ0n) is 22.9. The Morgan fingerprint density at radius 3 is 2.52 bits per heavy atom. The summed E-state index contributed by atoms with van der Waals surface area (Å²) in [5, 5.41) is 10.9. The van der Waals surface area contributed by atoms with Crippen LogP contribution in [0.1, 0.15) is 44.1 Å². The summed E-state index contributed by atoms with van der Waals surface area (Å²) in [7, 11) is -1.80. The second-order valence-corrected chi connectivity index (χ2v) is 13.0. The Bertz CT molecular complexity index is 1570. The molecule has 4 heterocycles. The first-order valence-corrected chi connectivity index (χ1v) is 15.8. The number of aliphatic hydroxyl groups is 1. The third-order valence-corrected chi connectivity index (χ3v) is 9.21. The van der Waals surface area contributed by atoms with Gasteiger partial charge in [-0.3, -0.25) is 19.4 Å². The van der Waals surface area contributed by atoms with Gasteiger partial charge in [-0.2, -0.15) is 0 Å². The van der Waals surface area contributed by atoms with Crippen LogP contribution in [0.25, 0.3) is 22.0 Å². The number of nitrogens with one attached hydrogen (secondary N) is 1. The number of carbonyl (C=O) groups is 1. The van der Waals surface area contributed by atoms with E-state index in [1.54, 1.807) is 23.4 Å². The monoisotopic (exact) mass is 565 g/mol. The van der Waals surface area contributed by atoms with Gasteiger partial charge in [-0.25, -0.2) is 13.4 Å². The van der Waals surface area contributed by atoms with Gasteiger partial charge in [0.25, 0.3) is 0 Å². The number of likely N-dealkylation sites (tertiary alicyclic amines) is 1. The van der Waals surface area contributed by atoms with E-state index in [9.17, 15) is 18.3 Å². The van der Waals surface area contributed by atoms with Crippen LogP contribution in [0.5, 0.6) is 5.88 Å². The van der Waals surface area contributed by atoms with Crippen LogP contribution in [-0.2, 0) is 20.2 Å². The number of aliphatic hydroxyl groups excluding tert-OH is 1. The minimum atomic E-state index is -3.61. The molecule has 10 nitrogen and oxygen atoms in total. The molecule has 1 spiro atoms. The minimum absolute atomic E-state index is 0.0540. The van der Waals surface area contributed by atoms with E-state index in [-0.39, 0.29) is 36.7 Å². The molecule has 6 rings (SSSR count). The average Bonchev–Trinajstić information content (AvgIpc) is 3.16. The number of amides is 1. The lowest BCUT2D eigenvalue weighted by Crippen LogP contribution is -2.44. The standard InChI is InChI=1S/C29H35N5O5S/c1-33-25-16-30-23-8-7-19(13-22(23)26(25)29(28(33)36)9-6-10-29)20-14-24(32-40(2,37)38)27(31-15-20)39-18-21(17-35)34-11-4-3-5-12-34/h7-8,13-16,21,32,35H,3-6,9-12,17-18H2,1-2H3. The maximum Gasteiger partial charge on any atom is 0.238 e. The largest absolute Gasteiger partial charge is 0.474 e. The summed E-state index contributed by atoms with van der Waals surface area (Å²) >= 11 is 0. The second kappa shape index (κ2) is 10.3. The predicted molar refractivity (Wildman–Crippen MR) is 154 cm³/mol. The molecule has 2 aliphatic heterocycles. The summed E-state index contributed by atoms with van der Waals surface area (Å²) in [5.74, 6) is 0.288. The number of carbonyl (C=O) groups excluding carboxylic acids is 1. The maximum absolute atomic E-state index is 13.2. The van der Waals surface area contributed by atoms with E-state index in [0.717, 1.165) is 79.2 Å². The molecule has 2 fully saturated rings. The molecule has 1 unspecified atom stereocenters. The van der Waals surface area contributed by atoms with Crippen LogP contribution in [0.3, 0.4) is 0 Å². The molecule has 1 aliphatic carbocycles. The molecule has 0 radical (unpaired) electrons. The Morgan fingerprint density at radius 2 is 1.85 bits per heavy atom. The van der Waals surface area contributed by atoms with Gasteiger partial charge < -0.3 is 14.7 Å². The number of aromatic nitrogens is 2. The van der Waals surface area contributed by atoms with Gasteiger partial charge in [0.1, 0.15) is 12.3 Å². The summed E-state index contributed by atoms with van der Waals surface area (Å²) in [6, 6.07) is 7.40. The molecule has 1 saturated carbocycles. The van der Waals surface area contributed by atoms with Crippen LogP contribution in [0.4, 0.5) is 11.4 Å². The quantitative estimate of drug-likeness (QED) is 0.426. The Hall–Kier alpha value is -3.28. The number of sulfonamides is 1.